The summed E-state index contributed by atoms with van der Waals surface area (Å²) in [6.45, 7) is 3.28. The van der Waals surface area contributed by atoms with Gasteiger partial charge in [0.1, 0.15) is 5.69 Å². The minimum atomic E-state index is -3.37. The molecular weight excluding hydrogens is 456 g/mol. The first-order valence-electron chi connectivity index (χ1n) is 10.3. The lowest BCUT2D eigenvalue weighted by molar-refractivity contribution is 0.259. The van der Waals surface area contributed by atoms with Gasteiger partial charge in [-0.15, -0.1) is 0 Å². The number of sulfone groups is 1. The van der Waals surface area contributed by atoms with Crippen molar-refractivity contribution >= 4 is 27.4 Å². The van der Waals surface area contributed by atoms with Crippen LogP contribution in [-0.4, -0.2) is 34.8 Å². The van der Waals surface area contributed by atoms with E-state index in [1.165, 1.54) is 6.20 Å². The Bertz CT molecular complexity index is 1450. The van der Waals surface area contributed by atoms with Crippen LogP contribution >= 0.6 is 0 Å². The molecule has 2 amide bonds. The van der Waals surface area contributed by atoms with E-state index in [0.29, 0.717) is 34.1 Å². The largest absolute Gasteiger partial charge is 0.382 e. The number of hydrogen-bond donors (Lipinski definition) is 3. The molecule has 2 heterocycles. The molecule has 4 rings (SSSR count). The first-order chi connectivity index (χ1) is 16.1. The van der Waals surface area contributed by atoms with Gasteiger partial charge in [-0.25, -0.2) is 23.2 Å². The number of nitrogens with zero attached hydrogens (tertiary/aromatic N) is 3. The van der Waals surface area contributed by atoms with Crippen LogP contribution in [-0.2, 0) is 9.84 Å². The summed E-state index contributed by atoms with van der Waals surface area (Å²) in [7, 11) is -3.37. The number of nitrogens with two attached hydrogens (primary N) is 2. The summed E-state index contributed by atoms with van der Waals surface area (Å²) < 4.78 is 30.2. The van der Waals surface area contributed by atoms with Crippen LogP contribution in [0.3, 0.4) is 0 Å². The Morgan fingerprint density at radius 3 is 2.24 bits per heavy atom. The van der Waals surface area contributed by atoms with Gasteiger partial charge < -0.3 is 21.3 Å². The Balaban J connectivity index is 1.62. The molecule has 0 spiro atoms. The molecule has 0 unspecified atom stereocenters. The Kier molecular flexibility index (Phi) is 6.03. The molecular formula is C23H22N6O4S. The Morgan fingerprint density at radius 1 is 1.00 bits per heavy atom. The van der Waals surface area contributed by atoms with Crippen LogP contribution in [0, 0.1) is 0 Å². The highest BCUT2D eigenvalue weighted by Crippen LogP contribution is 2.30. The number of benzene rings is 2. The number of carbonyl (C=O) groups is 1. The van der Waals surface area contributed by atoms with Crippen molar-refractivity contribution in [3.8, 4) is 34.0 Å². The lowest BCUT2D eigenvalue weighted by Crippen LogP contribution is -2.19. The molecule has 0 saturated heterocycles. The highest BCUT2D eigenvalue weighted by atomic mass is 32.2. The van der Waals surface area contributed by atoms with E-state index >= 15 is 0 Å². The van der Waals surface area contributed by atoms with E-state index < -0.39 is 21.1 Å². The van der Waals surface area contributed by atoms with Gasteiger partial charge in [-0.05, 0) is 38.1 Å². The third-order valence-electron chi connectivity index (χ3n) is 5.09. The van der Waals surface area contributed by atoms with Gasteiger partial charge in [0, 0.05) is 22.9 Å². The normalized spacial score (nSPS) is 11.5. The quantitative estimate of drug-likeness (QED) is 0.377. The molecule has 0 aliphatic rings. The van der Waals surface area contributed by atoms with E-state index in [4.69, 9.17) is 16.0 Å². The number of carbonyl (C=O) groups excluding carboxylic acids is 1. The van der Waals surface area contributed by atoms with Crippen LogP contribution in [0.4, 0.5) is 16.3 Å². The zero-order valence-corrected chi connectivity index (χ0v) is 19.2. The van der Waals surface area contributed by atoms with E-state index in [1.54, 1.807) is 68.4 Å². The summed E-state index contributed by atoms with van der Waals surface area (Å²) in [5.74, 6) is 0.478. The molecule has 0 saturated carbocycles. The third kappa shape index (κ3) is 4.59. The summed E-state index contributed by atoms with van der Waals surface area (Å²) in [5, 5.41) is 6.05. The molecule has 0 aliphatic carbocycles. The predicted octanol–water partition coefficient (Wildman–Crippen LogP) is 3.72. The van der Waals surface area contributed by atoms with E-state index in [1.807, 2.05) is 0 Å². The number of aromatic nitrogens is 3. The number of rotatable bonds is 6. The monoisotopic (exact) mass is 478 g/mol. The standard InChI is InChI=1S/C23H22N6O4S/c1-13(2)34(31,32)17-9-5-15(6-10-17)19-12-26-22(24)21(28-19)20-11-18(29-33-20)14-3-7-16(8-4-14)27-23(25)30/h3-13H,1-2H3,(H2,24,26)(H3,25,27,30). The van der Waals surface area contributed by atoms with E-state index in [2.05, 4.69) is 20.4 Å². The van der Waals surface area contributed by atoms with E-state index in [-0.39, 0.29) is 10.7 Å². The second-order valence-corrected chi connectivity index (χ2v) is 10.3. The maximum absolute atomic E-state index is 12.4. The van der Waals surface area contributed by atoms with Crippen LogP contribution in [0.1, 0.15) is 13.8 Å². The third-order valence-corrected chi connectivity index (χ3v) is 7.26. The van der Waals surface area contributed by atoms with Gasteiger partial charge in [-0.2, -0.15) is 0 Å². The lowest BCUT2D eigenvalue weighted by atomic mass is 10.1. The fourth-order valence-electron chi connectivity index (χ4n) is 3.20. The summed E-state index contributed by atoms with van der Waals surface area (Å²) >= 11 is 0. The molecule has 0 radical (unpaired) electrons. The number of urea groups is 1. The fourth-order valence-corrected chi connectivity index (χ4v) is 4.26. The van der Waals surface area contributed by atoms with Crippen LogP contribution in [0.15, 0.2) is 70.2 Å². The fraction of sp³-hybridized carbons (Fsp3) is 0.130. The van der Waals surface area contributed by atoms with Crippen molar-refractivity contribution in [2.75, 3.05) is 11.1 Å². The minimum absolute atomic E-state index is 0.159. The van der Waals surface area contributed by atoms with Crippen LogP contribution in [0.2, 0.25) is 0 Å². The maximum atomic E-state index is 12.4. The first kappa shape index (κ1) is 22.9. The van der Waals surface area contributed by atoms with E-state index in [0.717, 1.165) is 5.56 Å². The maximum Gasteiger partial charge on any atom is 0.316 e. The van der Waals surface area contributed by atoms with Crippen molar-refractivity contribution in [2.45, 2.75) is 24.0 Å². The molecule has 11 heteroatoms. The van der Waals surface area contributed by atoms with Gasteiger partial charge in [0.2, 0.25) is 0 Å². The number of hydrogen-bond acceptors (Lipinski definition) is 8. The zero-order chi connectivity index (χ0) is 24.5. The van der Waals surface area contributed by atoms with Crippen molar-refractivity contribution in [3.63, 3.8) is 0 Å². The number of primary amides is 1. The summed E-state index contributed by atoms with van der Waals surface area (Å²) in [6, 6.07) is 14.4. The molecule has 2 aromatic heterocycles. The average Bonchev–Trinajstić information content (AvgIpc) is 3.29. The summed E-state index contributed by atoms with van der Waals surface area (Å²) in [5.41, 5.74) is 14.5. The average molecular weight is 479 g/mol. The molecule has 5 N–H and O–H groups in total. The Morgan fingerprint density at radius 2 is 1.62 bits per heavy atom. The molecule has 0 aliphatic heterocycles. The Hall–Kier alpha value is -4.25. The first-order valence-corrected chi connectivity index (χ1v) is 11.8. The molecule has 34 heavy (non-hydrogen) atoms. The smallest absolute Gasteiger partial charge is 0.316 e. The van der Waals surface area contributed by atoms with Crippen molar-refractivity contribution in [2.24, 2.45) is 5.73 Å². The van der Waals surface area contributed by atoms with Crippen molar-refractivity contribution in [1.29, 1.82) is 0 Å². The predicted molar refractivity (Wildman–Crippen MR) is 128 cm³/mol. The van der Waals surface area contributed by atoms with Gasteiger partial charge in [0.05, 0.1) is 22.0 Å². The van der Waals surface area contributed by atoms with Crippen molar-refractivity contribution < 1.29 is 17.7 Å². The topological polar surface area (TPSA) is 167 Å². The van der Waals surface area contributed by atoms with Gasteiger partial charge in [0.25, 0.3) is 0 Å². The molecule has 10 nitrogen and oxygen atoms in total. The number of anilines is 2. The van der Waals surface area contributed by atoms with Gasteiger partial charge in [-0.1, -0.05) is 29.4 Å². The second kappa shape index (κ2) is 8.94. The van der Waals surface area contributed by atoms with Crippen LogP contribution < -0.4 is 16.8 Å². The van der Waals surface area contributed by atoms with Gasteiger partial charge >= 0.3 is 6.03 Å². The molecule has 0 fully saturated rings. The van der Waals surface area contributed by atoms with E-state index in [9.17, 15) is 13.2 Å². The number of nitrogens with one attached hydrogen (secondary N) is 1. The second-order valence-electron chi connectivity index (χ2n) is 7.75. The minimum Gasteiger partial charge on any atom is -0.382 e. The SMILES string of the molecule is CC(C)S(=O)(=O)c1ccc(-c2cnc(N)c(-c3cc(-c4ccc(NC(N)=O)cc4)no3)n2)cc1. The summed E-state index contributed by atoms with van der Waals surface area (Å²) in [6.07, 6.45) is 1.51. The number of amides is 2. The molecule has 2 aromatic carbocycles. The molecule has 0 atom stereocenters. The van der Waals surface area contributed by atoms with Crippen LogP contribution in [0.25, 0.3) is 34.0 Å². The molecule has 0 bridgehead atoms. The van der Waals surface area contributed by atoms with Gasteiger partial charge in [-0.3, -0.25) is 0 Å². The molecule has 4 aromatic rings. The highest BCUT2D eigenvalue weighted by molar-refractivity contribution is 7.92. The van der Waals surface area contributed by atoms with Crippen molar-refractivity contribution in [3.05, 3.63) is 60.8 Å². The van der Waals surface area contributed by atoms with Gasteiger partial charge in [0.15, 0.2) is 27.1 Å². The summed E-state index contributed by atoms with van der Waals surface area (Å²) in [4.78, 5) is 20.0. The number of nitrogen functional groups attached to an aromatic ring is 1. The Labute approximate surface area is 195 Å². The molecule has 174 valence electrons. The highest BCUT2D eigenvalue weighted by Gasteiger charge is 2.20. The van der Waals surface area contributed by atoms with Crippen LogP contribution in [0.5, 0.6) is 0 Å². The van der Waals surface area contributed by atoms with Crippen molar-refractivity contribution in [1.82, 2.24) is 15.1 Å². The zero-order valence-electron chi connectivity index (χ0n) is 18.4. The lowest BCUT2D eigenvalue weighted by Gasteiger charge is -2.09.